The van der Waals surface area contributed by atoms with Crippen molar-refractivity contribution < 1.29 is 0 Å². The maximum absolute atomic E-state index is 5.43. The smallest absolute Gasteiger partial charge is 0.156 e. The fourth-order valence-corrected chi connectivity index (χ4v) is 0.718. The lowest BCUT2D eigenvalue weighted by molar-refractivity contribution is 0.936. The predicted molar refractivity (Wildman–Crippen MR) is 36.5 cm³/mol. The van der Waals surface area contributed by atoms with Crippen molar-refractivity contribution in [2.45, 2.75) is 5.03 Å². The SMILES string of the molecule is NSc1nnccc1N. The van der Waals surface area contributed by atoms with E-state index in [-0.39, 0.29) is 0 Å². The molecule has 0 saturated carbocycles. The van der Waals surface area contributed by atoms with Crippen molar-refractivity contribution in [3.8, 4) is 0 Å². The van der Waals surface area contributed by atoms with Crippen LogP contribution in [0.4, 0.5) is 5.69 Å². The monoisotopic (exact) mass is 142 g/mol. The summed E-state index contributed by atoms with van der Waals surface area (Å²) in [4.78, 5) is 0. The Morgan fingerprint density at radius 3 is 2.78 bits per heavy atom. The molecule has 0 amide bonds. The molecule has 0 radical (unpaired) electrons. The van der Waals surface area contributed by atoms with Crippen LogP contribution >= 0.6 is 11.9 Å². The van der Waals surface area contributed by atoms with Crippen LogP contribution in [0, 0.1) is 0 Å². The fourth-order valence-electron chi connectivity index (χ4n) is 0.420. The van der Waals surface area contributed by atoms with Gasteiger partial charge >= 0.3 is 0 Å². The molecule has 48 valence electrons. The van der Waals surface area contributed by atoms with Gasteiger partial charge in [0.15, 0.2) is 5.03 Å². The third kappa shape index (κ3) is 1.30. The number of hydrogen-bond acceptors (Lipinski definition) is 5. The summed E-state index contributed by atoms with van der Waals surface area (Å²) < 4.78 is 0. The minimum Gasteiger partial charge on any atom is -0.396 e. The van der Waals surface area contributed by atoms with Crippen LogP contribution in [-0.2, 0) is 0 Å². The van der Waals surface area contributed by atoms with E-state index in [1.807, 2.05) is 0 Å². The van der Waals surface area contributed by atoms with Gasteiger partial charge in [-0.05, 0) is 18.0 Å². The molecule has 1 aromatic heterocycles. The highest BCUT2D eigenvalue weighted by molar-refractivity contribution is 7.97. The molecule has 0 aliphatic rings. The van der Waals surface area contributed by atoms with Gasteiger partial charge in [0.05, 0.1) is 11.9 Å². The molecule has 0 saturated heterocycles. The lowest BCUT2D eigenvalue weighted by Crippen LogP contribution is -1.94. The molecule has 0 spiro atoms. The number of nitrogen functional groups attached to an aromatic ring is 1. The van der Waals surface area contributed by atoms with E-state index in [2.05, 4.69) is 10.2 Å². The van der Waals surface area contributed by atoms with Crippen LogP contribution in [0.15, 0.2) is 17.3 Å². The van der Waals surface area contributed by atoms with E-state index in [1.165, 1.54) is 6.20 Å². The summed E-state index contributed by atoms with van der Waals surface area (Å²) in [5.41, 5.74) is 5.99. The first-order chi connectivity index (χ1) is 4.34. The third-order valence-corrected chi connectivity index (χ3v) is 1.37. The number of nitrogens with two attached hydrogens (primary N) is 2. The fraction of sp³-hybridized carbons (Fsp3) is 0. The molecular formula is C4H6N4S. The quantitative estimate of drug-likeness (QED) is 0.541. The zero-order valence-corrected chi connectivity index (χ0v) is 5.43. The standard InChI is InChI=1S/C4H6N4S/c5-3-1-2-7-8-4(3)9-6/h1-2H,6H2,(H2,5,7). The highest BCUT2D eigenvalue weighted by Crippen LogP contribution is 2.13. The molecule has 0 unspecified atom stereocenters. The van der Waals surface area contributed by atoms with Crippen LogP contribution in [0.3, 0.4) is 0 Å². The second-order valence-electron chi connectivity index (χ2n) is 1.41. The molecule has 1 rings (SSSR count). The first-order valence-electron chi connectivity index (χ1n) is 2.28. The molecule has 5 heteroatoms. The van der Waals surface area contributed by atoms with Crippen LogP contribution in [0.25, 0.3) is 0 Å². The van der Waals surface area contributed by atoms with E-state index in [0.717, 1.165) is 11.9 Å². The summed E-state index contributed by atoms with van der Waals surface area (Å²) >= 11 is 0.997. The lowest BCUT2D eigenvalue weighted by Gasteiger charge is -1.94. The molecule has 9 heavy (non-hydrogen) atoms. The topological polar surface area (TPSA) is 77.8 Å². The first-order valence-corrected chi connectivity index (χ1v) is 3.16. The molecule has 0 aliphatic heterocycles. The number of anilines is 1. The van der Waals surface area contributed by atoms with E-state index in [1.54, 1.807) is 6.07 Å². The van der Waals surface area contributed by atoms with Gasteiger partial charge in [-0.3, -0.25) is 5.14 Å². The van der Waals surface area contributed by atoms with Crippen LogP contribution in [0.5, 0.6) is 0 Å². The highest BCUT2D eigenvalue weighted by atomic mass is 32.2. The summed E-state index contributed by atoms with van der Waals surface area (Å²) in [7, 11) is 0. The summed E-state index contributed by atoms with van der Waals surface area (Å²) in [6, 6.07) is 1.65. The number of rotatable bonds is 1. The Kier molecular flexibility index (Phi) is 1.86. The maximum Gasteiger partial charge on any atom is 0.156 e. The lowest BCUT2D eigenvalue weighted by atomic mass is 10.5. The largest absolute Gasteiger partial charge is 0.396 e. The van der Waals surface area contributed by atoms with E-state index in [4.69, 9.17) is 10.9 Å². The van der Waals surface area contributed by atoms with E-state index in [9.17, 15) is 0 Å². The van der Waals surface area contributed by atoms with Gasteiger partial charge in [0, 0.05) is 0 Å². The normalized spacial score (nSPS) is 9.44. The molecule has 1 heterocycles. The zero-order chi connectivity index (χ0) is 6.69. The van der Waals surface area contributed by atoms with Crippen LogP contribution < -0.4 is 10.9 Å². The van der Waals surface area contributed by atoms with Crippen molar-refractivity contribution in [1.82, 2.24) is 10.2 Å². The number of aromatic nitrogens is 2. The summed E-state index contributed by atoms with van der Waals surface area (Å²) in [5.74, 6) is 0. The Labute approximate surface area is 56.8 Å². The predicted octanol–water partition coefficient (Wildman–Crippen LogP) is 0.0246. The second-order valence-corrected chi connectivity index (χ2v) is 2.03. The van der Waals surface area contributed by atoms with Gasteiger partial charge in [0.1, 0.15) is 0 Å². The number of hydrogen-bond donors (Lipinski definition) is 2. The van der Waals surface area contributed by atoms with Crippen molar-refractivity contribution >= 4 is 17.6 Å². The molecule has 0 aliphatic carbocycles. The Hall–Kier alpha value is -0.810. The first kappa shape index (κ1) is 6.31. The average molecular weight is 142 g/mol. The summed E-state index contributed by atoms with van der Waals surface area (Å²) in [6.45, 7) is 0. The Morgan fingerprint density at radius 1 is 1.56 bits per heavy atom. The minimum absolute atomic E-state index is 0.567. The zero-order valence-electron chi connectivity index (χ0n) is 4.61. The van der Waals surface area contributed by atoms with Crippen molar-refractivity contribution in [1.29, 1.82) is 0 Å². The molecule has 0 fully saturated rings. The molecular weight excluding hydrogens is 136 g/mol. The Morgan fingerprint density at radius 2 is 2.33 bits per heavy atom. The van der Waals surface area contributed by atoms with Crippen molar-refractivity contribution in [2.75, 3.05) is 5.73 Å². The van der Waals surface area contributed by atoms with Crippen LogP contribution in [0.2, 0.25) is 0 Å². The van der Waals surface area contributed by atoms with Crippen molar-refractivity contribution in [3.63, 3.8) is 0 Å². The van der Waals surface area contributed by atoms with Gasteiger partial charge in [0.25, 0.3) is 0 Å². The van der Waals surface area contributed by atoms with Gasteiger partial charge in [-0.2, -0.15) is 5.10 Å². The molecule has 4 N–H and O–H groups in total. The Balaban J connectivity index is 3.01. The average Bonchev–Trinajstić information content (AvgIpc) is 1.89. The van der Waals surface area contributed by atoms with Gasteiger partial charge in [-0.1, -0.05) is 0 Å². The highest BCUT2D eigenvalue weighted by Gasteiger charge is 1.95. The second kappa shape index (κ2) is 2.65. The molecule has 0 aromatic carbocycles. The molecule has 0 bridgehead atoms. The van der Waals surface area contributed by atoms with Gasteiger partial charge in [-0.25, -0.2) is 0 Å². The minimum atomic E-state index is 0.567. The van der Waals surface area contributed by atoms with Gasteiger partial charge < -0.3 is 5.73 Å². The molecule has 4 nitrogen and oxygen atoms in total. The maximum atomic E-state index is 5.43. The molecule has 0 atom stereocenters. The molecule has 1 aromatic rings. The third-order valence-electron chi connectivity index (χ3n) is 0.828. The van der Waals surface area contributed by atoms with Crippen LogP contribution in [-0.4, -0.2) is 10.2 Å². The van der Waals surface area contributed by atoms with Gasteiger partial charge in [0.2, 0.25) is 0 Å². The summed E-state index contributed by atoms with van der Waals surface area (Å²) in [6.07, 6.45) is 1.52. The van der Waals surface area contributed by atoms with Crippen LogP contribution in [0.1, 0.15) is 0 Å². The van der Waals surface area contributed by atoms with Crippen molar-refractivity contribution in [3.05, 3.63) is 12.3 Å². The Bertz CT molecular complexity index is 202. The van der Waals surface area contributed by atoms with E-state index >= 15 is 0 Å². The van der Waals surface area contributed by atoms with Crippen molar-refractivity contribution in [2.24, 2.45) is 5.14 Å². The summed E-state index contributed by atoms with van der Waals surface area (Å²) in [5, 5.41) is 13.0. The number of nitrogens with zero attached hydrogens (tertiary/aromatic N) is 2. The van der Waals surface area contributed by atoms with E-state index < -0.39 is 0 Å². The van der Waals surface area contributed by atoms with E-state index in [0.29, 0.717) is 10.7 Å². The van der Waals surface area contributed by atoms with Gasteiger partial charge in [-0.15, -0.1) is 5.10 Å².